The highest BCUT2D eigenvalue weighted by Gasteiger charge is 2.20. The third kappa shape index (κ3) is 5.45. The van der Waals surface area contributed by atoms with E-state index in [4.69, 9.17) is 15.0 Å². The smallest absolute Gasteiger partial charge is 0.166 e. The van der Waals surface area contributed by atoms with Crippen molar-refractivity contribution >= 4 is 32.6 Å². The third-order valence-electron chi connectivity index (χ3n) is 10.1. The van der Waals surface area contributed by atoms with Crippen LogP contribution in [0.2, 0.25) is 0 Å². The Morgan fingerprint density at radius 2 is 0.849 bits per heavy atom. The number of hydrogen-bond donors (Lipinski definition) is 0. The van der Waals surface area contributed by atoms with Crippen molar-refractivity contribution in [2.75, 3.05) is 0 Å². The molecule has 0 atom stereocenters. The van der Waals surface area contributed by atoms with E-state index >= 15 is 0 Å². The molecule has 0 spiro atoms. The number of rotatable bonds is 6. The van der Waals surface area contributed by atoms with Gasteiger partial charge in [-0.05, 0) is 63.4 Å². The summed E-state index contributed by atoms with van der Waals surface area (Å²) in [7, 11) is 0. The zero-order chi connectivity index (χ0) is 35.1. The molecule has 0 unspecified atom stereocenters. The summed E-state index contributed by atoms with van der Waals surface area (Å²) in [4.78, 5) is 15.6. The lowest BCUT2D eigenvalue weighted by Gasteiger charge is -2.16. The fourth-order valence-electron chi connectivity index (χ4n) is 7.53. The van der Waals surface area contributed by atoms with Gasteiger partial charge in [-0.3, -0.25) is 0 Å². The van der Waals surface area contributed by atoms with E-state index < -0.39 is 0 Å². The maximum absolute atomic E-state index is 5.28. The van der Waals surface area contributed by atoms with Crippen molar-refractivity contribution in [3.05, 3.63) is 194 Å². The lowest BCUT2D eigenvalue weighted by Crippen LogP contribution is -2.04. The number of aromatic nitrogens is 4. The minimum Gasteiger partial charge on any atom is -0.308 e. The van der Waals surface area contributed by atoms with Gasteiger partial charge in [-0.25, -0.2) is 15.0 Å². The number of benzene rings is 8. The summed E-state index contributed by atoms with van der Waals surface area (Å²) < 4.78 is 2.36. The minimum atomic E-state index is 0.614. The number of para-hydroxylation sites is 2. The van der Waals surface area contributed by atoms with Crippen LogP contribution in [0.15, 0.2) is 194 Å². The average molecular weight is 677 g/mol. The van der Waals surface area contributed by atoms with Gasteiger partial charge in [0, 0.05) is 27.5 Å². The summed E-state index contributed by atoms with van der Waals surface area (Å²) in [6.07, 6.45) is 0. The molecular weight excluding hydrogens is 645 g/mol. The van der Waals surface area contributed by atoms with E-state index in [9.17, 15) is 0 Å². The molecule has 0 saturated heterocycles. The van der Waals surface area contributed by atoms with Crippen LogP contribution in [0.3, 0.4) is 0 Å². The SMILES string of the molecule is c1ccc(-c2ccc(-c3nc(-c4ccccc4)nc(-c4ccc5c(-c6ccccc6)cccc5c4)n3)c(-n3c4ccccc4c4ccccc43)c2)cc1. The molecule has 53 heavy (non-hydrogen) atoms. The van der Waals surface area contributed by atoms with E-state index in [0.29, 0.717) is 17.5 Å². The van der Waals surface area contributed by atoms with Crippen molar-refractivity contribution in [3.8, 4) is 62.1 Å². The fourth-order valence-corrected chi connectivity index (χ4v) is 7.53. The first-order valence-electron chi connectivity index (χ1n) is 17.9. The van der Waals surface area contributed by atoms with Crippen LogP contribution in [0.5, 0.6) is 0 Å². The van der Waals surface area contributed by atoms with Crippen molar-refractivity contribution in [3.63, 3.8) is 0 Å². The molecule has 0 aliphatic heterocycles. The Labute approximate surface area is 307 Å². The minimum absolute atomic E-state index is 0.614. The summed E-state index contributed by atoms with van der Waals surface area (Å²) in [6.45, 7) is 0. The van der Waals surface area contributed by atoms with Crippen molar-refractivity contribution in [1.82, 2.24) is 19.5 Å². The maximum atomic E-state index is 5.28. The zero-order valence-corrected chi connectivity index (χ0v) is 28.8. The van der Waals surface area contributed by atoms with Crippen molar-refractivity contribution < 1.29 is 0 Å². The van der Waals surface area contributed by atoms with E-state index in [-0.39, 0.29) is 0 Å². The summed E-state index contributed by atoms with van der Waals surface area (Å²) in [5, 5.41) is 4.72. The Bertz CT molecular complexity index is 2880. The molecule has 0 saturated carbocycles. The van der Waals surface area contributed by atoms with Gasteiger partial charge in [0.15, 0.2) is 17.5 Å². The molecule has 10 rings (SSSR count). The van der Waals surface area contributed by atoms with Gasteiger partial charge in [0.1, 0.15) is 0 Å². The van der Waals surface area contributed by atoms with Crippen LogP contribution < -0.4 is 0 Å². The van der Waals surface area contributed by atoms with Gasteiger partial charge < -0.3 is 4.57 Å². The highest BCUT2D eigenvalue weighted by atomic mass is 15.1. The first kappa shape index (κ1) is 30.6. The lowest BCUT2D eigenvalue weighted by atomic mass is 9.97. The predicted octanol–water partition coefficient (Wildman–Crippen LogP) is 12.5. The van der Waals surface area contributed by atoms with Crippen molar-refractivity contribution in [2.45, 2.75) is 0 Å². The Kier molecular flexibility index (Phi) is 7.43. The van der Waals surface area contributed by atoms with Gasteiger partial charge >= 0.3 is 0 Å². The average Bonchev–Trinajstić information content (AvgIpc) is 3.58. The quantitative estimate of drug-likeness (QED) is 0.176. The van der Waals surface area contributed by atoms with Gasteiger partial charge in [0.25, 0.3) is 0 Å². The van der Waals surface area contributed by atoms with E-state index in [1.165, 1.54) is 27.3 Å². The molecule has 0 aliphatic carbocycles. The molecular formula is C49H32N4. The standard InChI is InChI=1S/C49H32N4/c1-4-15-33(16-5-1)36-27-30-43(46(32-36)53-44-25-12-10-22-41(44)42-23-11-13-26-45(42)53)49-51-47(35-19-8-3-9-20-35)50-48(52-49)38-28-29-40-37(31-38)21-14-24-39(40)34-17-6-2-7-18-34/h1-32H. The van der Waals surface area contributed by atoms with E-state index in [1.54, 1.807) is 0 Å². The molecule has 0 aliphatic rings. The first-order chi connectivity index (χ1) is 26.3. The Morgan fingerprint density at radius 3 is 1.53 bits per heavy atom. The summed E-state index contributed by atoms with van der Waals surface area (Å²) in [6, 6.07) is 68.1. The molecule has 0 bridgehead atoms. The highest BCUT2D eigenvalue weighted by Crippen LogP contribution is 2.39. The van der Waals surface area contributed by atoms with Crippen LogP contribution in [0, 0.1) is 0 Å². The van der Waals surface area contributed by atoms with Crippen LogP contribution in [0.4, 0.5) is 0 Å². The molecule has 0 radical (unpaired) electrons. The Balaban J connectivity index is 1.22. The van der Waals surface area contributed by atoms with E-state index in [0.717, 1.165) is 49.9 Å². The third-order valence-corrected chi connectivity index (χ3v) is 10.1. The normalized spacial score (nSPS) is 11.4. The summed E-state index contributed by atoms with van der Waals surface area (Å²) in [5.74, 6) is 1.87. The Hall–Kier alpha value is -7.17. The topological polar surface area (TPSA) is 43.6 Å². The number of nitrogens with zero attached hydrogens (tertiary/aromatic N) is 4. The summed E-state index contributed by atoms with van der Waals surface area (Å²) >= 11 is 0. The first-order valence-corrected chi connectivity index (χ1v) is 17.9. The second-order valence-corrected chi connectivity index (χ2v) is 13.2. The molecule has 10 aromatic rings. The van der Waals surface area contributed by atoms with Gasteiger partial charge in [-0.15, -0.1) is 0 Å². The van der Waals surface area contributed by atoms with Crippen molar-refractivity contribution in [2.24, 2.45) is 0 Å². The van der Waals surface area contributed by atoms with Gasteiger partial charge in [0.05, 0.1) is 16.7 Å². The van der Waals surface area contributed by atoms with E-state index in [2.05, 4.69) is 180 Å². The largest absolute Gasteiger partial charge is 0.308 e. The van der Waals surface area contributed by atoms with Crippen LogP contribution >= 0.6 is 0 Å². The second kappa shape index (κ2) is 12.9. The van der Waals surface area contributed by atoms with Gasteiger partial charge in [-0.2, -0.15) is 0 Å². The molecule has 248 valence electrons. The predicted molar refractivity (Wildman–Crippen MR) is 219 cm³/mol. The molecule has 0 amide bonds. The second-order valence-electron chi connectivity index (χ2n) is 13.2. The fraction of sp³-hybridized carbons (Fsp3) is 0. The molecule has 4 heteroatoms. The maximum Gasteiger partial charge on any atom is 0.166 e. The van der Waals surface area contributed by atoms with Crippen LogP contribution in [-0.2, 0) is 0 Å². The molecule has 2 aromatic heterocycles. The number of hydrogen-bond acceptors (Lipinski definition) is 3. The molecule has 8 aromatic carbocycles. The monoisotopic (exact) mass is 676 g/mol. The zero-order valence-electron chi connectivity index (χ0n) is 28.8. The molecule has 2 heterocycles. The summed E-state index contributed by atoms with van der Waals surface area (Å²) in [5.41, 5.74) is 10.7. The van der Waals surface area contributed by atoms with Crippen LogP contribution in [0.25, 0.3) is 94.7 Å². The van der Waals surface area contributed by atoms with Gasteiger partial charge in [0.2, 0.25) is 0 Å². The molecule has 4 nitrogen and oxygen atoms in total. The van der Waals surface area contributed by atoms with Crippen LogP contribution in [0.1, 0.15) is 0 Å². The highest BCUT2D eigenvalue weighted by molar-refractivity contribution is 6.10. The number of fused-ring (bicyclic) bond motifs is 4. The molecule has 0 N–H and O–H groups in total. The molecule has 0 fully saturated rings. The Morgan fingerprint density at radius 1 is 0.302 bits per heavy atom. The van der Waals surface area contributed by atoms with Crippen LogP contribution in [-0.4, -0.2) is 19.5 Å². The van der Waals surface area contributed by atoms with Gasteiger partial charge in [-0.1, -0.05) is 164 Å². The van der Waals surface area contributed by atoms with E-state index in [1.807, 2.05) is 18.2 Å². The van der Waals surface area contributed by atoms with Crippen molar-refractivity contribution in [1.29, 1.82) is 0 Å². The lowest BCUT2D eigenvalue weighted by molar-refractivity contribution is 1.06.